The van der Waals surface area contributed by atoms with Crippen LogP contribution in [0, 0.1) is 0 Å². The Kier molecular flexibility index (Phi) is 3.83. The Labute approximate surface area is 88.1 Å². The number of rotatable bonds is 3. The van der Waals surface area contributed by atoms with E-state index in [4.69, 9.17) is 5.11 Å². The summed E-state index contributed by atoms with van der Waals surface area (Å²) >= 11 is 4.47. The zero-order chi connectivity index (χ0) is 9.84. The molecule has 1 aromatic heterocycles. The first-order valence-electron chi connectivity index (χ1n) is 3.66. The van der Waals surface area contributed by atoms with E-state index in [2.05, 4.69) is 26.2 Å². The molecule has 0 fully saturated rings. The molecule has 0 saturated heterocycles. The fraction of sp³-hybridized carbons (Fsp3) is 0.429. The van der Waals surface area contributed by atoms with Gasteiger partial charge in [0.2, 0.25) is 0 Å². The molecule has 0 unspecified atom stereocenters. The molecule has 1 aromatic rings. The zero-order valence-electron chi connectivity index (χ0n) is 6.95. The molecule has 1 rings (SSSR count). The van der Waals surface area contributed by atoms with Gasteiger partial charge in [-0.15, -0.1) is 11.3 Å². The summed E-state index contributed by atoms with van der Waals surface area (Å²) in [6.07, 6.45) is 1.57. The molecular weight excluding hydrogens is 256 g/mol. The maximum absolute atomic E-state index is 11.3. The molecule has 4 nitrogen and oxygen atoms in total. The standard InChI is InChI=1S/C7H9BrN2O2S/c1-4(3-11)10-6(12)7-9-2-5(8)13-7/h2,4,11H,3H2,1H3,(H,10,12)/t4-/m0/s1. The number of nitrogens with one attached hydrogen (secondary N) is 1. The normalized spacial score (nSPS) is 12.5. The van der Waals surface area contributed by atoms with Crippen LogP contribution in [0.25, 0.3) is 0 Å². The van der Waals surface area contributed by atoms with Crippen molar-refractivity contribution in [1.29, 1.82) is 0 Å². The number of aliphatic hydroxyl groups is 1. The molecule has 0 aromatic carbocycles. The highest BCUT2D eigenvalue weighted by Crippen LogP contribution is 2.18. The predicted octanol–water partition coefficient (Wildman–Crippen LogP) is 1.02. The zero-order valence-corrected chi connectivity index (χ0v) is 9.35. The summed E-state index contributed by atoms with van der Waals surface area (Å²) in [7, 11) is 0. The monoisotopic (exact) mass is 264 g/mol. The number of carbonyl (C=O) groups is 1. The lowest BCUT2D eigenvalue weighted by molar-refractivity contribution is 0.0922. The van der Waals surface area contributed by atoms with E-state index >= 15 is 0 Å². The molecule has 0 bridgehead atoms. The Bertz CT molecular complexity index is 302. The molecule has 0 aliphatic rings. The van der Waals surface area contributed by atoms with Crippen LogP contribution in [0.4, 0.5) is 0 Å². The van der Waals surface area contributed by atoms with Crippen molar-refractivity contribution in [3.8, 4) is 0 Å². The number of aromatic nitrogens is 1. The van der Waals surface area contributed by atoms with Gasteiger partial charge in [0.1, 0.15) is 0 Å². The van der Waals surface area contributed by atoms with Gasteiger partial charge in [0.25, 0.3) is 5.91 Å². The second-order valence-corrected chi connectivity index (χ2v) is 4.94. The Balaban J connectivity index is 2.58. The van der Waals surface area contributed by atoms with Crippen molar-refractivity contribution in [2.75, 3.05) is 6.61 Å². The molecular formula is C7H9BrN2O2S. The second-order valence-electron chi connectivity index (χ2n) is 2.53. The van der Waals surface area contributed by atoms with Gasteiger partial charge in [0.05, 0.1) is 16.6 Å². The summed E-state index contributed by atoms with van der Waals surface area (Å²) in [5.74, 6) is -0.253. The average Bonchev–Trinajstić information content (AvgIpc) is 2.51. The highest BCUT2D eigenvalue weighted by Gasteiger charge is 2.12. The van der Waals surface area contributed by atoms with Gasteiger partial charge in [0, 0.05) is 6.04 Å². The molecule has 0 spiro atoms. The maximum Gasteiger partial charge on any atom is 0.280 e. The number of hydrogen-bond donors (Lipinski definition) is 2. The van der Waals surface area contributed by atoms with E-state index in [9.17, 15) is 4.79 Å². The van der Waals surface area contributed by atoms with Gasteiger partial charge in [-0.3, -0.25) is 4.79 Å². The molecule has 0 saturated carbocycles. The first-order chi connectivity index (χ1) is 6.13. The quantitative estimate of drug-likeness (QED) is 0.857. The maximum atomic E-state index is 11.3. The summed E-state index contributed by atoms with van der Waals surface area (Å²) in [5.41, 5.74) is 0. The number of carbonyl (C=O) groups excluding carboxylic acids is 1. The van der Waals surface area contributed by atoms with Crippen LogP contribution in [0.3, 0.4) is 0 Å². The van der Waals surface area contributed by atoms with Crippen LogP contribution in [-0.2, 0) is 0 Å². The lowest BCUT2D eigenvalue weighted by Gasteiger charge is -2.08. The smallest absolute Gasteiger partial charge is 0.280 e. The first-order valence-corrected chi connectivity index (χ1v) is 5.27. The van der Waals surface area contributed by atoms with Crippen molar-refractivity contribution < 1.29 is 9.90 Å². The minimum absolute atomic E-state index is 0.0711. The van der Waals surface area contributed by atoms with Crippen LogP contribution in [-0.4, -0.2) is 28.6 Å². The van der Waals surface area contributed by atoms with Crippen molar-refractivity contribution in [3.05, 3.63) is 15.0 Å². The molecule has 0 aliphatic heterocycles. The third-order valence-corrected chi connectivity index (χ3v) is 2.80. The van der Waals surface area contributed by atoms with E-state index in [0.29, 0.717) is 5.01 Å². The minimum Gasteiger partial charge on any atom is -0.394 e. The molecule has 2 N–H and O–H groups in total. The number of nitrogens with zero attached hydrogens (tertiary/aromatic N) is 1. The number of aliphatic hydroxyl groups excluding tert-OH is 1. The molecule has 1 amide bonds. The minimum atomic E-state index is -0.253. The second kappa shape index (κ2) is 4.69. The highest BCUT2D eigenvalue weighted by molar-refractivity contribution is 9.11. The molecule has 6 heteroatoms. The van der Waals surface area contributed by atoms with Crippen LogP contribution in [0.5, 0.6) is 0 Å². The van der Waals surface area contributed by atoms with Crippen LogP contribution in [0.15, 0.2) is 9.98 Å². The number of halogens is 1. The summed E-state index contributed by atoms with van der Waals surface area (Å²) < 4.78 is 0.814. The van der Waals surface area contributed by atoms with Crippen molar-refractivity contribution in [1.82, 2.24) is 10.3 Å². The van der Waals surface area contributed by atoms with Gasteiger partial charge in [-0.2, -0.15) is 0 Å². The molecule has 1 atom stereocenters. The molecule has 72 valence electrons. The summed E-state index contributed by atoms with van der Waals surface area (Å²) in [6.45, 7) is 1.65. The predicted molar refractivity (Wildman–Crippen MR) is 53.8 cm³/mol. The van der Waals surface area contributed by atoms with Crippen molar-refractivity contribution in [2.24, 2.45) is 0 Å². The SMILES string of the molecule is C[C@@H](CO)NC(=O)c1ncc(Br)s1. The van der Waals surface area contributed by atoms with Crippen molar-refractivity contribution in [3.63, 3.8) is 0 Å². The van der Waals surface area contributed by atoms with Crippen LogP contribution < -0.4 is 5.32 Å². The molecule has 13 heavy (non-hydrogen) atoms. The average molecular weight is 265 g/mol. The van der Waals surface area contributed by atoms with Gasteiger partial charge in [-0.1, -0.05) is 0 Å². The fourth-order valence-corrected chi connectivity index (χ4v) is 1.80. The Morgan fingerprint density at radius 2 is 2.62 bits per heavy atom. The van der Waals surface area contributed by atoms with Crippen molar-refractivity contribution in [2.45, 2.75) is 13.0 Å². The number of hydrogen-bond acceptors (Lipinski definition) is 4. The first kappa shape index (κ1) is 10.6. The van der Waals surface area contributed by atoms with E-state index in [-0.39, 0.29) is 18.6 Å². The van der Waals surface area contributed by atoms with Gasteiger partial charge < -0.3 is 10.4 Å². The lowest BCUT2D eigenvalue weighted by atomic mass is 10.3. The molecule has 0 aliphatic carbocycles. The van der Waals surface area contributed by atoms with E-state index in [1.807, 2.05) is 0 Å². The van der Waals surface area contributed by atoms with Crippen LogP contribution >= 0.6 is 27.3 Å². The molecule has 1 heterocycles. The number of amides is 1. The Hall–Kier alpha value is -0.460. The third kappa shape index (κ3) is 3.06. The lowest BCUT2D eigenvalue weighted by Crippen LogP contribution is -2.34. The largest absolute Gasteiger partial charge is 0.394 e. The Morgan fingerprint density at radius 3 is 3.08 bits per heavy atom. The van der Waals surface area contributed by atoms with E-state index in [1.165, 1.54) is 11.3 Å². The summed E-state index contributed by atoms with van der Waals surface area (Å²) in [6, 6.07) is -0.241. The van der Waals surface area contributed by atoms with Gasteiger partial charge in [-0.05, 0) is 22.9 Å². The third-order valence-electron chi connectivity index (χ3n) is 1.32. The highest BCUT2D eigenvalue weighted by atomic mass is 79.9. The van der Waals surface area contributed by atoms with Gasteiger partial charge in [0.15, 0.2) is 5.01 Å². The van der Waals surface area contributed by atoms with Crippen molar-refractivity contribution >= 4 is 33.2 Å². The summed E-state index contributed by atoms with van der Waals surface area (Å²) in [5, 5.41) is 11.7. The number of thiazole rings is 1. The van der Waals surface area contributed by atoms with Crippen LogP contribution in [0.1, 0.15) is 16.7 Å². The summed E-state index contributed by atoms with van der Waals surface area (Å²) in [4.78, 5) is 15.2. The molecule has 0 radical (unpaired) electrons. The van der Waals surface area contributed by atoms with Crippen LogP contribution in [0.2, 0.25) is 0 Å². The van der Waals surface area contributed by atoms with E-state index in [1.54, 1.807) is 13.1 Å². The van der Waals surface area contributed by atoms with Gasteiger partial charge >= 0.3 is 0 Å². The van der Waals surface area contributed by atoms with E-state index in [0.717, 1.165) is 3.79 Å². The topological polar surface area (TPSA) is 62.2 Å². The Morgan fingerprint density at radius 1 is 1.92 bits per heavy atom. The van der Waals surface area contributed by atoms with E-state index < -0.39 is 0 Å². The van der Waals surface area contributed by atoms with Gasteiger partial charge in [-0.25, -0.2) is 4.98 Å². The fourth-order valence-electron chi connectivity index (χ4n) is 0.691.